The number of aliphatic hydroxyl groups is 4. The minimum Gasteiger partial charge on any atom is -0.480 e. The van der Waals surface area contributed by atoms with Crippen LogP contribution < -0.4 is 15.4 Å². The van der Waals surface area contributed by atoms with Crippen LogP contribution >= 0.6 is 0 Å². The van der Waals surface area contributed by atoms with Crippen molar-refractivity contribution in [3.63, 3.8) is 0 Å². The van der Waals surface area contributed by atoms with Gasteiger partial charge in [0.05, 0.1) is 48.6 Å². The van der Waals surface area contributed by atoms with Gasteiger partial charge in [-0.1, -0.05) is 91.3 Å². The lowest BCUT2D eigenvalue weighted by atomic mass is 9.89. The number of ether oxygens (including phenoxy) is 5. The van der Waals surface area contributed by atoms with E-state index < -0.39 is 127 Å². The quantitative estimate of drug-likeness (QED) is 0.0608. The Kier molecular flexibility index (Phi) is 22.6. The number of likely N-dealkylation sites (N-methyl/N-ethyl adjacent to an activating group) is 2. The third-order valence-corrected chi connectivity index (χ3v) is 15.0. The van der Waals surface area contributed by atoms with E-state index in [9.17, 15) is 54.3 Å². The van der Waals surface area contributed by atoms with Crippen molar-refractivity contribution in [2.24, 2.45) is 23.7 Å². The SMILES string of the molecule is CCC(C)[C@@H]([C@@H](CC(=O)N1CCC[C@H]1[C@H](OC)[C@@H](C)C(=O)NC(Cc1ccccc1)C(=O)O)OC)N(C)C(=O)[C@@H](NC(=O)[C@H](C(C)C)N(C)C(=O)OCc1cc2c(O[C@@H]3O[C@H](CO)[C@H](O)[C@H](O)[C@H]3O)cccc2o1)C(C)C. The van der Waals surface area contributed by atoms with E-state index in [1.54, 1.807) is 95.1 Å². The summed E-state index contributed by atoms with van der Waals surface area (Å²) in [5.41, 5.74) is 1.06. The summed E-state index contributed by atoms with van der Waals surface area (Å²) in [6.45, 7) is 12.0. The third-order valence-electron chi connectivity index (χ3n) is 15.0. The number of fused-ring (bicyclic) bond motifs is 1. The maximum atomic E-state index is 14.7. The Bertz CT molecular complexity index is 2440. The van der Waals surface area contributed by atoms with Crippen LogP contribution in [0.2, 0.25) is 0 Å². The summed E-state index contributed by atoms with van der Waals surface area (Å²) in [7, 11) is 5.96. The van der Waals surface area contributed by atoms with Gasteiger partial charge in [0.2, 0.25) is 29.9 Å². The van der Waals surface area contributed by atoms with E-state index in [-0.39, 0.29) is 42.8 Å². The minimum atomic E-state index is -1.65. The van der Waals surface area contributed by atoms with Gasteiger partial charge in [-0.2, -0.15) is 0 Å². The average Bonchev–Trinajstić information content (AvgIpc) is 4.08. The highest BCUT2D eigenvalue weighted by atomic mass is 16.7. The standard InChI is InChI=1S/C55H81N5O17/c1-12-31(6)45(40(72-10)26-42(62)60-23-17-20-37(60)49(73-11)32(7)50(66)56-36(53(69)70)24-33-18-14-13-15-19-33)58(8)52(68)43(29(2)3)57-51(67)44(30(4)5)59(9)55(71)74-28-34-25-35-38(75-34)21-16-22-39(35)76-54-48(65)47(64)46(63)41(27-61)77-54/h13-16,18-19,21-22,25,29-32,36-37,40-41,43-49,54,61,63-65H,12,17,20,23-24,26-28H2,1-11H3,(H,56,66)(H,57,67)(H,69,70)/t31?,32-,36?,37+,40-,41-,43+,44+,45+,46+,47+,48-,49-,54-/m1/s1. The van der Waals surface area contributed by atoms with E-state index in [1.165, 1.54) is 26.2 Å². The Balaban J connectivity index is 1.24. The van der Waals surface area contributed by atoms with Crippen LogP contribution in [-0.2, 0) is 55.9 Å². The number of aliphatic carboxylic acids is 1. The number of likely N-dealkylation sites (tertiary alicyclic amines) is 1. The second-order valence-electron chi connectivity index (χ2n) is 21.0. The van der Waals surface area contributed by atoms with Crippen LogP contribution in [-0.4, -0.2) is 191 Å². The van der Waals surface area contributed by atoms with Crippen LogP contribution in [0.5, 0.6) is 5.75 Å². The number of amides is 5. The van der Waals surface area contributed by atoms with Gasteiger partial charge in [-0.05, 0) is 54.4 Å². The van der Waals surface area contributed by atoms with E-state index in [4.69, 9.17) is 28.1 Å². The Morgan fingerprint density at radius 2 is 1.53 bits per heavy atom. The van der Waals surface area contributed by atoms with Gasteiger partial charge in [-0.15, -0.1) is 0 Å². The highest BCUT2D eigenvalue weighted by Crippen LogP contribution is 2.34. The highest BCUT2D eigenvalue weighted by Gasteiger charge is 2.46. The molecule has 2 unspecified atom stereocenters. The number of nitrogens with one attached hydrogen (secondary N) is 2. The number of rotatable bonds is 26. The van der Waals surface area contributed by atoms with E-state index in [0.717, 1.165) is 10.5 Å². The molecule has 7 N–H and O–H groups in total. The van der Waals surface area contributed by atoms with Crippen molar-refractivity contribution in [1.82, 2.24) is 25.3 Å². The normalized spacial score (nSPS) is 22.8. The summed E-state index contributed by atoms with van der Waals surface area (Å²) in [5.74, 6) is -4.56. The van der Waals surface area contributed by atoms with Crippen LogP contribution in [0.25, 0.3) is 11.0 Å². The van der Waals surface area contributed by atoms with Gasteiger partial charge < -0.3 is 74.1 Å². The number of nitrogens with zero attached hydrogens (tertiary/aromatic N) is 3. The van der Waals surface area contributed by atoms with Crippen molar-refractivity contribution in [1.29, 1.82) is 0 Å². The molecule has 2 aliphatic heterocycles. The largest absolute Gasteiger partial charge is 0.480 e. The smallest absolute Gasteiger partial charge is 0.410 e. The fraction of sp³-hybridized carbons (Fsp3) is 0.636. The summed E-state index contributed by atoms with van der Waals surface area (Å²) >= 11 is 0. The molecule has 2 aliphatic rings. The number of carbonyl (C=O) groups excluding carboxylic acids is 5. The molecule has 22 nitrogen and oxygen atoms in total. The summed E-state index contributed by atoms with van der Waals surface area (Å²) in [6.07, 6.45) is -8.22. The molecule has 428 valence electrons. The summed E-state index contributed by atoms with van der Waals surface area (Å²) in [6, 6.07) is 10.8. The zero-order valence-electron chi connectivity index (χ0n) is 46.1. The van der Waals surface area contributed by atoms with Gasteiger partial charge in [0.1, 0.15) is 59.6 Å². The number of aliphatic hydroxyl groups excluding tert-OH is 4. The summed E-state index contributed by atoms with van der Waals surface area (Å²) in [4.78, 5) is 87.3. The Morgan fingerprint density at radius 1 is 0.844 bits per heavy atom. The van der Waals surface area contributed by atoms with Crippen molar-refractivity contribution in [2.75, 3.05) is 41.5 Å². The third kappa shape index (κ3) is 15.0. The molecule has 77 heavy (non-hydrogen) atoms. The Morgan fingerprint density at radius 3 is 2.13 bits per heavy atom. The first-order chi connectivity index (χ1) is 36.5. The van der Waals surface area contributed by atoms with Crippen molar-refractivity contribution < 1.29 is 82.4 Å². The maximum absolute atomic E-state index is 14.7. The first-order valence-corrected chi connectivity index (χ1v) is 26.4. The van der Waals surface area contributed by atoms with Crippen molar-refractivity contribution in [3.8, 4) is 5.75 Å². The predicted molar refractivity (Wildman–Crippen MR) is 280 cm³/mol. The summed E-state index contributed by atoms with van der Waals surface area (Å²) < 4.78 is 34.8. The fourth-order valence-electron chi connectivity index (χ4n) is 10.5. The maximum Gasteiger partial charge on any atom is 0.410 e. The van der Waals surface area contributed by atoms with Crippen molar-refractivity contribution in [2.45, 2.75) is 160 Å². The predicted octanol–water partition coefficient (Wildman–Crippen LogP) is 3.08. The molecule has 3 aromatic rings. The molecule has 5 rings (SSSR count). The second-order valence-corrected chi connectivity index (χ2v) is 21.0. The summed E-state index contributed by atoms with van der Waals surface area (Å²) in [5, 5.41) is 56.5. The number of benzene rings is 2. The molecule has 0 saturated carbocycles. The van der Waals surface area contributed by atoms with Crippen LogP contribution in [0.15, 0.2) is 59.0 Å². The van der Waals surface area contributed by atoms with Gasteiger partial charge in [-0.3, -0.25) is 24.1 Å². The van der Waals surface area contributed by atoms with E-state index in [1.807, 2.05) is 19.9 Å². The molecular weight excluding hydrogens is 1000 g/mol. The lowest BCUT2D eigenvalue weighted by Gasteiger charge is -2.41. The molecule has 0 bridgehead atoms. The molecule has 2 saturated heterocycles. The number of hydrogen-bond donors (Lipinski definition) is 7. The molecule has 14 atom stereocenters. The lowest BCUT2D eigenvalue weighted by molar-refractivity contribution is -0.277. The molecule has 0 aliphatic carbocycles. The van der Waals surface area contributed by atoms with Gasteiger partial charge in [0.15, 0.2) is 6.61 Å². The van der Waals surface area contributed by atoms with Gasteiger partial charge in [0.25, 0.3) is 0 Å². The van der Waals surface area contributed by atoms with E-state index >= 15 is 0 Å². The molecule has 22 heteroatoms. The average molecular weight is 1080 g/mol. The Labute approximate surface area is 450 Å². The van der Waals surface area contributed by atoms with Crippen LogP contribution in [0.1, 0.15) is 85.5 Å². The van der Waals surface area contributed by atoms with Crippen molar-refractivity contribution in [3.05, 3.63) is 65.9 Å². The molecule has 5 amide bonds. The van der Waals surface area contributed by atoms with E-state index in [2.05, 4.69) is 10.6 Å². The second kappa shape index (κ2) is 28.1. The van der Waals surface area contributed by atoms with Crippen LogP contribution in [0.4, 0.5) is 4.79 Å². The zero-order chi connectivity index (χ0) is 57.0. The number of carbonyl (C=O) groups is 6. The van der Waals surface area contributed by atoms with Crippen LogP contribution in [0, 0.1) is 23.7 Å². The topological polar surface area (TPSA) is 297 Å². The van der Waals surface area contributed by atoms with Crippen LogP contribution in [0.3, 0.4) is 0 Å². The molecule has 0 spiro atoms. The highest BCUT2D eigenvalue weighted by molar-refractivity contribution is 5.92. The first kappa shape index (κ1) is 62.0. The number of methoxy groups -OCH3 is 2. The lowest BCUT2D eigenvalue weighted by Crippen LogP contribution is -2.60. The monoisotopic (exact) mass is 1080 g/mol. The van der Waals surface area contributed by atoms with E-state index in [0.29, 0.717) is 36.8 Å². The minimum absolute atomic E-state index is 0.0845. The molecule has 1 aromatic heterocycles. The molecule has 2 fully saturated rings. The fourth-order valence-corrected chi connectivity index (χ4v) is 10.5. The van der Waals surface area contributed by atoms with Gasteiger partial charge >= 0.3 is 12.1 Å². The van der Waals surface area contributed by atoms with Crippen molar-refractivity contribution >= 4 is 46.7 Å². The molecule has 3 heterocycles. The zero-order valence-corrected chi connectivity index (χ0v) is 46.1. The van der Waals surface area contributed by atoms with Gasteiger partial charge in [0, 0.05) is 41.3 Å². The Hall–Kier alpha value is -5.88. The molecular formula is C55H81N5O17. The molecule has 0 radical (unpaired) electrons. The molecule has 2 aromatic carbocycles. The number of carboxylic acid groups (broad SMARTS) is 1. The first-order valence-electron chi connectivity index (χ1n) is 26.4. The number of hydrogen-bond acceptors (Lipinski definition) is 16. The van der Waals surface area contributed by atoms with Gasteiger partial charge in [-0.25, -0.2) is 9.59 Å². The number of furan rings is 1. The number of carboxylic acids is 1.